The van der Waals surface area contributed by atoms with E-state index >= 15 is 0 Å². The van der Waals surface area contributed by atoms with Crippen LogP contribution in [-0.4, -0.2) is 40.1 Å². The quantitative estimate of drug-likeness (QED) is 0.881. The van der Waals surface area contributed by atoms with E-state index in [1.807, 2.05) is 4.90 Å². The normalized spacial score (nSPS) is 26.2. The highest BCUT2D eigenvalue weighted by molar-refractivity contribution is 7.17. The number of piperidine rings is 1. The Labute approximate surface area is 157 Å². The van der Waals surface area contributed by atoms with Crippen molar-refractivity contribution in [1.29, 1.82) is 0 Å². The Bertz CT molecular complexity index is 740. The minimum absolute atomic E-state index is 0.00423. The molecule has 26 heavy (non-hydrogen) atoms. The van der Waals surface area contributed by atoms with Crippen LogP contribution in [0.5, 0.6) is 0 Å². The molecule has 2 heterocycles. The lowest BCUT2D eigenvalue weighted by Crippen LogP contribution is -2.46. The molecule has 1 saturated carbocycles. The Kier molecular flexibility index (Phi) is 4.82. The van der Waals surface area contributed by atoms with Crippen LogP contribution < -0.4 is 5.32 Å². The number of likely N-dealkylation sites (tertiary alicyclic amines) is 1. The van der Waals surface area contributed by atoms with E-state index in [2.05, 4.69) is 17.2 Å². The maximum Gasteiger partial charge on any atom is 0.229 e. The van der Waals surface area contributed by atoms with E-state index < -0.39 is 0 Å². The van der Waals surface area contributed by atoms with E-state index in [1.165, 1.54) is 11.3 Å². The maximum atomic E-state index is 12.9. The summed E-state index contributed by atoms with van der Waals surface area (Å²) in [6.45, 7) is 2.88. The second-order valence-electron chi connectivity index (χ2n) is 7.82. The fraction of sp³-hybridized carbons (Fsp3) is 0.684. The molecule has 0 aromatic carbocycles. The van der Waals surface area contributed by atoms with Gasteiger partial charge < -0.3 is 10.2 Å². The molecule has 6 nitrogen and oxygen atoms in total. The van der Waals surface area contributed by atoms with E-state index in [4.69, 9.17) is 0 Å². The Morgan fingerprint density at radius 2 is 1.92 bits per heavy atom. The van der Waals surface area contributed by atoms with E-state index in [0.29, 0.717) is 22.1 Å². The van der Waals surface area contributed by atoms with Crippen LogP contribution in [0.3, 0.4) is 0 Å². The lowest BCUT2D eigenvalue weighted by molar-refractivity contribution is -0.139. The summed E-state index contributed by atoms with van der Waals surface area (Å²) >= 11 is 1.26. The average molecular weight is 375 g/mol. The third-order valence-corrected chi connectivity index (χ3v) is 7.02. The zero-order chi connectivity index (χ0) is 18.3. The van der Waals surface area contributed by atoms with Crippen LogP contribution in [0.2, 0.25) is 0 Å². The zero-order valence-electron chi connectivity index (χ0n) is 15.1. The molecular formula is C19H25N3O3S. The Hall–Kier alpha value is -1.76. The Balaban J connectivity index is 1.46. The molecule has 2 aliphatic carbocycles. The first-order chi connectivity index (χ1) is 12.5. The second-order valence-corrected chi connectivity index (χ2v) is 8.82. The van der Waals surface area contributed by atoms with Crippen LogP contribution in [0, 0.1) is 11.8 Å². The molecule has 0 bridgehead atoms. The van der Waals surface area contributed by atoms with E-state index in [9.17, 15) is 14.4 Å². The van der Waals surface area contributed by atoms with Crippen LogP contribution in [0.4, 0.5) is 5.13 Å². The van der Waals surface area contributed by atoms with Crippen LogP contribution >= 0.6 is 11.3 Å². The standard InChI is InChI=1S/C19H25N3O3S/c1-11-5-2-3-8-22(11)18(25)13-9-14-16(15(23)10-13)26-19(20-14)21-17(24)12-6-4-7-12/h11-13H,2-10H2,1H3,(H,20,21,24)/t11-,13-/m0/s1. The van der Waals surface area contributed by atoms with Crippen LogP contribution in [0.1, 0.15) is 67.2 Å². The summed E-state index contributed by atoms with van der Waals surface area (Å²) in [5, 5.41) is 3.36. The van der Waals surface area contributed by atoms with Crippen molar-refractivity contribution in [3.63, 3.8) is 0 Å². The molecule has 140 valence electrons. The predicted octanol–water partition coefficient (Wildman–Crippen LogP) is 3.03. The number of nitrogens with zero attached hydrogens (tertiary/aromatic N) is 2. The van der Waals surface area contributed by atoms with E-state index in [1.54, 1.807) is 0 Å². The molecule has 4 rings (SSSR count). The van der Waals surface area contributed by atoms with Gasteiger partial charge in [-0.25, -0.2) is 4.98 Å². The van der Waals surface area contributed by atoms with Gasteiger partial charge in [0.2, 0.25) is 11.8 Å². The van der Waals surface area contributed by atoms with Gasteiger partial charge in [-0.3, -0.25) is 14.4 Å². The molecule has 2 amide bonds. The molecule has 1 aromatic rings. The second kappa shape index (κ2) is 7.10. The highest BCUT2D eigenvalue weighted by Crippen LogP contribution is 2.35. The van der Waals surface area contributed by atoms with Crippen molar-refractivity contribution in [2.45, 2.75) is 64.3 Å². The number of hydrogen-bond acceptors (Lipinski definition) is 5. The molecule has 0 radical (unpaired) electrons. The van der Waals surface area contributed by atoms with E-state index in [-0.39, 0.29) is 41.9 Å². The molecule has 2 atom stereocenters. The zero-order valence-corrected chi connectivity index (χ0v) is 15.9. The molecule has 0 unspecified atom stereocenters. The van der Waals surface area contributed by atoms with Gasteiger partial charge in [-0.15, -0.1) is 0 Å². The van der Waals surface area contributed by atoms with Gasteiger partial charge in [0, 0.05) is 31.3 Å². The first-order valence-corrected chi connectivity index (χ1v) is 10.5. The number of carbonyl (C=O) groups is 3. The van der Waals surface area contributed by atoms with Gasteiger partial charge in [-0.05, 0) is 39.0 Å². The molecule has 1 saturated heterocycles. The number of rotatable bonds is 3. The summed E-state index contributed by atoms with van der Waals surface area (Å²) in [6, 6.07) is 0.250. The topological polar surface area (TPSA) is 79.4 Å². The molecule has 0 spiro atoms. The number of fused-ring (bicyclic) bond motifs is 1. The SMILES string of the molecule is C[C@H]1CCCCN1C(=O)[C@@H]1CC(=O)c2sc(NC(=O)C3CCC3)nc2C1. The number of amides is 2. The van der Waals surface area contributed by atoms with Crippen molar-refractivity contribution in [1.82, 2.24) is 9.88 Å². The number of Topliss-reactive ketones (excluding diaryl/α,β-unsaturated/α-hetero) is 1. The van der Waals surface area contributed by atoms with Crippen molar-refractivity contribution < 1.29 is 14.4 Å². The lowest BCUT2D eigenvalue weighted by Gasteiger charge is -2.36. The summed E-state index contributed by atoms with van der Waals surface area (Å²) in [7, 11) is 0. The predicted molar refractivity (Wildman–Crippen MR) is 99.3 cm³/mol. The molecule has 1 N–H and O–H groups in total. The van der Waals surface area contributed by atoms with Crippen molar-refractivity contribution in [3.05, 3.63) is 10.6 Å². The fourth-order valence-electron chi connectivity index (χ4n) is 4.10. The number of nitrogens with one attached hydrogen (secondary N) is 1. The summed E-state index contributed by atoms with van der Waals surface area (Å²) in [6.07, 6.45) is 6.95. The Morgan fingerprint density at radius 1 is 1.12 bits per heavy atom. The highest BCUT2D eigenvalue weighted by atomic mass is 32.1. The van der Waals surface area contributed by atoms with Crippen LogP contribution in [0.25, 0.3) is 0 Å². The first kappa shape index (κ1) is 17.6. The minimum Gasteiger partial charge on any atom is -0.340 e. The summed E-state index contributed by atoms with van der Waals surface area (Å²) in [4.78, 5) is 44.6. The first-order valence-electron chi connectivity index (χ1n) is 9.67. The van der Waals surface area contributed by atoms with Crippen molar-refractivity contribution in [3.8, 4) is 0 Å². The van der Waals surface area contributed by atoms with Crippen LogP contribution in [0.15, 0.2) is 0 Å². The number of anilines is 1. The number of thiazole rings is 1. The lowest BCUT2D eigenvalue weighted by atomic mass is 9.85. The number of carbonyl (C=O) groups excluding carboxylic acids is 3. The molecule has 1 aliphatic heterocycles. The van der Waals surface area contributed by atoms with Gasteiger partial charge in [0.25, 0.3) is 0 Å². The number of ketones is 1. The summed E-state index contributed by atoms with van der Waals surface area (Å²) in [5.74, 6) is -0.154. The van der Waals surface area contributed by atoms with Gasteiger partial charge in [-0.1, -0.05) is 17.8 Å². The smallest absolute Gasteiger partial charge is 0.229 e. The maximum absolute atomic E-state index is 12.9. The highest BCUT2D eigenvalue weighted by Gasteiger charge is 2.37. The molecular weight excluding hydrogens is 350 g/mol. The van der Waals surface area contributed by atoms with Gasteiger partial charge in [-0.2, -0.15) is 0 Å². The fourth-order valence-corrected chi connectivity index (χ4v) is 5.04. The van der Waals surface area contributed by atoms with Crippen molar-refractivity contribution in [2.24, 2.45) is 11.8 Å². The van der Waals surface area contributed by atoms with Crippen molar-refractivity contribution >= 4 is 34.1 Å². The van der Waals surface area contributed by atoms with Crippen LogP contribution in [-0.2, 0) is 16.0 Å². The summed E-state index contributed by atoms with van der Waals surface area (Å²) < 4.78 is 0. The van der Waals surface area contributed by atoms with Gasteiger partial charge in [0.1, 0.15) is 0 Å². The largest absolute Gasteiger partial charge is 0.340 e. The molecule has 7 heteroatoms. The third kappa shape index (κ3) is 3.29. The molecule has 3 aliphatic rings. The average Bonchev–Trinajstić information content (AvgIpc) is 2.96. The number of aromatic nitrogens is 1. The monoisotopic (exact) mass is 375 g/mol. The third-order valence-electron chi connectivity index (χ3n) is 5.96. The van der Waals surface area contributed by atoms with Gasteiger partial charge >= 0.3 is 0 Å². The molecule has 2 fully saturated rings. The Morgan fingerprint density at radius 3 is 2.62 bits per heavy atom. The van der Waals surface area contributed by atoms with Crippen molar-refractivity contribution in [2.75, 3.05) is 11.9 Å². The molecule has 1 aromatic heterocycles. The van der Waals surface area contributed by atoms with Gasteiger partial charge in [0.05, 0.1) is 16.5 Å². The summed E-state index contributed by atoms with van der Waals surface area (Å²) in [5.41, 5.74) is 0.679. The number of hydrogen-bond donors (Lipinski definition) is 1. The van der Waals surface area contributed by atoms with Gasteiger partial charge in [0.15, 0.2) is 10.9 Å². The van der Waals surface area contributed by atoms with E-state index in [0.717, 1.165) is 45.1 Å². The minimum atomic E-state index is -0.312.